The highest BCUT2D eigenvalue weighted by Crippen LogP contribution is 2.48. The van der Waals surface area contributed by atoms with Gasteiger partial charge in [-0.1, -0.05) is 11.6 Å². The smallest absolute Gasteiger partial charge is 0.0621 e. The molecule has 3 nitrogen and oxygen atoms in total. The van der Waals surface area contributed by atoms with Crippen molar-refractivity contribution < 1.29 is 4.74 Å². The Morgan fingerprint density at radius 1 is 1.53 bits per heavy atom. The van der Waals surface area contributed by atoms with Crippen molar-refractivity contribution in [3.05, 3.63) is 29.0 Å². The van der Waals surface area contributed by atoms with Crippen molar-refractivity contribution in [1.29, 1.82) is 0 Å². The van der Waals surface area contributed by atoms with E-state index in [0.717, 1.165) is 31.1 Å². The highest BCUT2D eigenvalue weighted by Gasteiger charge is 2.42. The molecule has 1 heterocycles. The van der Waals surface area contributed by atoms with Gasteiger partial charge in [0.2, 0.25) is 0 Å². The van der Waals surface area contributed by atoms with E-state index in [1.165, 1.54) is 18.4 Å². The van der Waals surface area contributed by atoms with Gasteiger partial charge in [0, 0.05) is 32.6 Å². The van der Waals surface area contributed by atoms with Crippen LogP contribution in [0.5, 0.6) is 0 Å². The summed E-state index contributed by atoms with van der Waals surface area (Å²) in [5.74, 6) is 0. The third-order valence-corrected chi connectivity index (χ3v) is 3.70. The van der Waals surface area contributed by atoms with Crippen molar-refractivity contribution in [1.82, 2.24) is 10.3 Å². The number of ether oxygens (including phenoxy) is 1. The summed E-state index contributed by atoms with van der Waals surface area (Å²) in [6, 6.07) is 2.03. The Hall–Kier alpha value is -0.640. The van der Waals surface area contributed by atoms with Crippen molar-refractivity contribution in [2.75, 3.05) is 26.8 Å². The Balaban J connectivity index is 1.84. The standard InChI is InChI=1S/C13H19ClN2O/c1-17-7-6-16-10-13(3-4-13)8-11-2-5-15-9-12(11)14/h2,5,9,16H,3-4,6-8,10H2,1H3. The van der Waals surface area contributed by atoms with Crippen molar-refractivity contribution >= 4 is 11.6 Å². The number of methoxy groups -OCH3 is 1. The fourth-order valence-electron chi connectivity index (χ4n) is 2.07. The zero-order valence-corrected chi connectivity index (χ0v) is 11.0. The fraction of sp³-hybridized carbons (Fsp3) is 0.615. The van der Waals surface area contributed by atoms with Crippen LogP contribution in [0.2, 0.25) is 5.02 Å². The summed E-state index contributed by atoms with van der Waals surface area (Å²) in [4.78, 5) is 4.02. The van der Waals surface area contributed by atoms with Gasteiger partial charge in [-0.05, 0) is 36.3 Å². The maximum Gasteiger partial charge on any atom is 0.0621 e. The van der Waals surface area contributed by atoms with E-state index in [0.29, 0.717) is 5.41 Å². The van der Waals surface area contributed by atoms with E-state index >= 15 is 0 Å². The number of nitrogens with zero attached hydrogens (tertiary/aromatic N) is 1. The van der Waals surface area contributed by atoms with Crippen LogP contribution in [0.4, 0.5) is 0 Å². The molecule has 2 rings (SSSR count). The Labute approximate surface area is 108 Å². The maximum atomic E-state index is 6.14. The van der Waals surface area contributed by atoms with E-state index in [2.05, 4.69) is 10.3 Å². The lowest BCUT2D eigenvalue weighted by Gasteiger charge is -2.16. The van der Waals surface area contributed by atoms with Gasteiger partial charge in [-0.25, -0.2) is 0 Å². The monoisotopic (exact) mass is 254 g/mol. The molecule has 0 radical (unpaired) electrons. The number of hydrogen-bond donors (Lipinski definition) is 1. The minimum atomic E-state index is 0.415. The summed E-state index contributed by atoms with van der Waals surface area (Å²) >= 11 is 6.14. The molecule has 1 aromatic rings. The lowest BCUT2D eigenvalue weighted by molar-refractivity contribution is 0.197. The molecule has 4 heteroatoms. The Morgan fingerprint density at radius 3 is 3.00 bits per heavy atom. The van der Waals surface area contributed by atoms with E-state index < -0.39 is 0 Å². The Bertz CT molecular complexity index is 366. The van der Waals surface area contributed by atoms with Crippen LogP contribution >= 0.6 is 11.6 Å². The van der Waals surface area contributed by atoms with E-state index in [1.807, 2.05) is 12.3 Å². The first-order valence-electron chi connectivity index (χ1n) is 6.04. The lowest BCUT2D eigenvalue weighted by Crippen LogP contribution is -2.28. The molecule has 17 heavy (non-hydrogen) atoms. The highest BCUT2D eigenvalue weighted by molar-refractivity contribution is 6.31. The lowest BCUT2D eigenvalue weighted by atomic mass is 9.97. The molecule has 1 N–H and O–H groups in total. The normalized spacial score (nSPS) is 17.1. The van der Waals surface area contributed by atoms with Gasteiger partial charge in [0.05, 0.1) is 11.6 Å². The number of aromatic nitrogens is 1. The van der Waals surface area contributed by atoms with Crippen LogP contribution in [0.15, 0.2) is 18.5 Å². The van der Waals surface area contributed by atoms with E-state index in [1.54, 1.807) is 13.3 Å². The molecule has 1 saturated carbocycles. The second-order valence-electron chi connectivity index (χ2n) is 4.81. The molecule has 0 amide bonds. The van der Waals surface area contributed by atoms with Crippen LogP contribution in [0.25, 0.3) is 0 Å². The van der Waals surface area contributed by atoms with Crippen LogP contribution < -0.4 is 5.32 Å². The Kier molecular flexibility index (Phi) is 4.37. The van der Waals surface area contributed by atoms with Crippen LogP contribution in [0, 0.1) is 5.41 Å². The van der Waals surface area contributed by atoms with Crippen molar-refractivity contribution in [3.8, 4) is 0 Å². The van der Waals surface area contributed by atoms with E-state index in [-0.39, 0.29) is 0 Å². The third-order valence-electron chi connectivity index (χ3n) is 3.36. The molecule has 0 unspecified atom stereocenters. The van der Waals surface area contributed by atoms with Gasteiger partial charge in [-0.15, -0.1) is 0 Å². The molecule has 0 aliphatic heterocycles. The number of rotatable bonds is 7. The molecule has 1 aliphatic rings. The molecule has 0 atom stereocenters. The minimum Gasteiger partial charge on any atom is -0.383 e. The first-order chi connectivity index (χ1) is 8.26. The molecule has 1 aliphatic carbocycles. The first kappa shape index (κ1) is 12.8. The van der Waals surface area contributed by atoms with Gasteiger partial charge >= 0.3 is 0 Å². The van der Waals surface area contributed by atoms with Gasteiger partial charge < -0.3 is 10.1 Å². The molecule has 0 spiro atoms. The van der Waals surface area contributed by atoms with Crippen molar-refractivity contribution in [3.63, 3.8) is 0 Å². The zero-order chi connectivity index (χ0) is 12.1. The van der Waals surface area contributed by atoms with Crippen molar-refractivity contribution in [2.24, 2.45) is 5.41 Å². The second kappa shape index (κ2) is 5.80. The van der Waals surface area contributed by atoms with Crippen LogP contribution in [-0.2, 0) is 11.2 Å². The van der Waals surface area contributed by atoms with E-state index in [9.17, 15) is 0 Å². The van der Waals surface area contributed by atoms with Gasteiger partial charge in [0.1, 0.15) is 0 Å². The predicted molar refractivity (Wildman–Crippen MR) is 69.4 cm³/mol. The highest BCUT2D eigenvalue weighted by atomic mass is 35.5. The summed E-state index contributed by atoms with van der Waals surface area (Å²) in [5, 5.41) is 4.23. The molecule has 1 aromatic heterocycles. The molecule has 0 saturated heterocycles. The number of hydrogen-bond acceptors (Lipinski definition) is 3. The average molecular weight is 255 g/mol. The van der Waals surface area contributed by atoms with Gasteiger partial charge in [0.25, 0.3) is 0 Å². The van der Waals surface area contributed by atoms with Crippen LogP contribution in [0.3, 0.4) is 0 Å². The third kappa shape index (κ3) is 3.66. The maximum absolute atomic E-state index is 6.14. The van der Waals surface area contributed by atoms with Gasteiger partial charge in [0.15, 0.2) is 0 Å². The number of halogens is 1. The second-order valence-corrected chi connectivity index (χ2v) is 5.22. The minimum absolute atomic E-state index is 0.415. The molecular weight excluding hydrogens is 236 g/mol. The topological polar surface area (TPSA) is 34.1 Å². The van der Waals surface area contributed by atoms with Gasteiger partial charge in [-0.3, -0.25) is 4.98 Å². The van der Waals surface area contributed by atoms with Crippen molar-refractivity contribution in [2.45, 2.75) is 19.3 Å². The summed E-state index contributed by atoms with van der Waals surface area (Å²) in [7, 11) is 1.73. The summed E-state index contributed by atoms with van der Waals surface area (Å²) in [6.45, 7) is 2.74. The quantitative estimate of drug-likeness (QED) is 0.759. The van der Waals surface area contributed by atoms with Crippen LogP contribution in [-0.4, -0.2) is 31.8 Å². The summed E-state index contributed by atoms with van der Waals surface area (Å²) in [6.07, 6.45) is 7.16. The van der Waals surface area contributed by atoms with E-state index in [4.69, 9.17) is 16.3 Å². The molecule has 0 aromatic carbocycles. The predicted octanol–water partition coefficient (Wildman–Crippen LogP) is 2.29. The molecule has 94 valence electrons. The molecule has 1 fully saturated rings. The molecule has 0 bridgehead atoms. The molecular formula is C13H19ClN2O. The number of pyridine rings is 1. The fourth-order valence-corrected chi connectivity index (χ4v) is 2.26. The summed E-state index contributed by atoms with van der Waals surface area (Å²) < 4.78 is 5.02. The summed E-state index contributed by atoms with van der Waals surface area (Å²) in [5.41, 5.74) is 1.63. The average Bonchev–Trinajstić information content (AvgIpc) is 3.08. The van der Waals surface area contributed by atoms with Gasteiger partial charge in [-0.2, -0.15) is 0 Å². The zero-order valence-electron chi connectivity index (χ0n) is 10.2. The number of nitrogens with one attached hydrogen (secondary N) is 1. The Morgan fingerprint density at radius 2 is 2.35 bits per heavy atom. The van der Waals surface area contributed by atoms with Crippen LogP contribution in [0.1, 0.15) is 18.4 Å². The SMILES string of the molecule is COCCNCC1(Cc2ccncc2Cl)CC1. The first-order valence-corrected chi connectivity index (χ1v) is 6.42. The largest absolute Gasteiger partial charge is 0.383 e.